The van der Waals surface area contributed by atoms with Gasteiger partial charge in [-0.05, 0) is 41.5 Å². The molecular formula is C18H34O8PS-. The topological polar surface area (TPSA) is 107 Å². The van der Waals surface area contributed by atoms with E-state index in [1.807, 2.05) is 34.6 Å². The summed E-state index contributed by atoms with van der Waals surface area (Å²) in [6.45, 7) is 6.78. The highest BCUT2D eigenvalue weighted by Gasteiger charge is 2.49. The number of rotatable bonds is 10. The summed E-state index contributed by atoms with van der Waals surface area (Å²) in [7, 11) is 0. The highest BCUT2D eigenvalue weighted by Crippen LogP contribution is 2.55. The van der Waals surface area contributed by atoms with Crippen molar-refractivity contribution in [2.45, 2.75) is 103 Å². The average Bonchev–Trinajstić information content (AvgIpc) is 3.02. The van der Waals surface area contributed by atoms with Gasteiger partial charge in [-0.1, -0.05) is 11.4 Å². The van der Waals surface area contributed by atoms with E-state index in [1.54, 1.807) is 6.92 Å². The number of ether oxygens (including phenoxy) is 4. The molecule has 2 aliphatic rings. The zero-order valence-corrected chi connectivity index (χ0v) is 19.2. The first-order chi connectivity index (χ1) is 12.9. The molecule has 0 aromatic heterocycles. The molecule has 1 N–H and O–H groups in total. The van der Waals surface area contributed by atoms with E-state index in [-0.39, 0.29) is 55.4 Å². The largest absolute Gasteiger partial charge is 0.770 e. The van der Waals surface area contributed by atoms with Crippen LogP contribution >= 0.6 is 18.2 Å². The molecule has 8 nitrogen and oxygen atoms in total. The Balaban J connectivity index is 1.93. The maximum absolute atomic E-state index is 12.6. The third-order valence-corrected chi connectivity index (χ3v) is 7.52. The van der Waals surface area contributed by atoms with Gasteiger partial charge >= 0.3 is 0 Å². The van der Waals surface area contributed by atoms with Crippen LogP contribution in [0.25, 0.3) is 0 Å². The van der Waals surface area contributed by atoms with Crippen LogP contribution in [0.5, 0.6) is 0 Å². The lowest BCUT2D eigenvalue weighted by Crippen LogP contribution is -2.45. The Morgan fingerprint density at radius 1 is 1.21 bits per heavy atom. The Kier molecular flexibility index (Phi) is 8.84. The van der Waals surface area contributed by atoms with Gasteiger partial charge in [0.25, 0.3) is 0 Å². The predicted octanol–water partition coefficient (Wildman–Crippen LogP) is 2.47. The number of hydrogen-bond acceptors (Lipinski definition) is 9. The van der Waals surface area contributed by atoms with E-state index in [1.165, 1.54) is 0 Å². The molecule has 28 heavy (non-hydrogen) atoms. The van der Waals surface area contributed by atoms with Gasteiger partial charge in [0.15, 0.2) is 6.80 Å². The van der Waals surface area contributed by atoms with Gasteiger partial charge in [-0.15, -0.1) is 0 Å². The third kappa shape index (κ3) is 7.22. The van der Waals surface area contributed by atoms with Crippen molar-refractivity contribution in [1.29, 1.82) is 0 Å². The quantitative estimate of drug-likeness (QED) is 0.512. The predicted molar refractivity (Wildman–Crippen MR) is 105 cm³/mol. The molecule has 0 saturated carbocycles. The smallest absolute Gasteiger partial charge is 0.217 e. The van der Waals surface area contributed by atoms with E-state index < -0.39 is 18.7 Å². The molecule has 0 amide bonds. The van der Waals surface area contributed by atoms with Gasteiger partial charge in [0.1, 0.15) is 12.7 Å². The summed E-state index contributed by atoms with van der Waals surface area (Å²) in [5.41, 5.74) is 0. The molecule has 0 bridgehead atoms. The molecule has 7 atom stereocenters. The van der Waals surface area contributed by atoms with E-state index in [0.717, 1.165) is 6.42 Å². The van der Waals surface area contributed by atoms with Crippen LogP contribution in [-0.2, 0) is 28.0 Å². The summed E-state index contributed by atoms with van der Waals surface area (Å²) >= 11 is 0.687. The highest BCUT2D eigenvalue weighted by molar-refractivity contribution is 8.54. The van der Waals surface area contributed by atoms with Crippen LogP contribution in [0.4, 0.5) is 0 Å². The van der Waals surface area contributed by atoms with E-state index in [0.29, 0.717) is 11.4 Å². The van der Waals surface area contributed by atoms with Gasteiger partial charge in [0.05, 0.1) is 36.6 Å². The van der Waals surface area contributed by atoms with Crippen molar-refractivity contribution in [3.8, 4) is 0 Å². The molecule has 2 saturated heterocycles. The summed E-state index contributed by atoms with van der Waals surface area (Å²) in [5.74, 6) is -1.58. The fraction of sp³-hybridized carbons (Fsp3) is 1.00. The Morgan fingerprint density at radius 3 is 2.50 bits per heavy atom. The second-order valence-electron chi connectivity index (χ2n) is 8.15. The SMILES string of the molecule is CC(C)OC[C@@]1(O)O[C@@H](C)CC1OP(=O)([O-])SC[C@H]1O[C@@H](C)CC1OC(C)C. The lowest BCUT2D eigenvalue weighted by molar-refractivity contribution is -0.261. The van der Waals surface area contributed by atoms with Gasteiger partial charge in [-0.25, -0.2) is 0 Å². The van der Waals surface area contributed by atoms with Crippen LogP contribution in [0.1, 0.15) is 54.4 Å². The number of aliphatic hydroxyl groups is 1. The lowest BCUT2D eigenvalue weighted by Gasteiger charge is -2.34. The van der Waals surface area contributed by atoms with Crippen molar-refractivity contribution in [3.63, 3.8) is 0 Å². The zero-order chi connectivity index (χ0) is 21.1. The molecule has 2 rings (SSSR count). The van der Waals surface area contributed by atoms with Crippen molar-refractivity contribution in [2.24, 2.45) is 0 Å². The van der Waals surface area contributed by atoms with Crippen molar-refractivity contribution in [1.82, 2.24) is 0 Å². The molecule has 0 spiro atoms. The monoisotopic (exact) mass is 441 g/mol. The second kappa shape index (κ2) is 10.1. The van der Waals surface area contributed by atoms with Crippen molar-refractivity contribution >= 4 is 18.2 Å². The first kappa shape index (κ1) is 24.6. The van der Waals surface area contributed by atoms with Gasteiger partial charge in [-0.2, -0.15) is 0 Å². The molecule has 2 fully saturated rings. The Hall–Kier alpha value is 0.300. The summed E-state index contributed by atoms with van der Waals surface area (Å²) in [6.07, 6.45) is -0.893. The third-order valence-electron chi connectivity index (χ3n) is 4.56. The molecule has 3 unspecified atom stereocenters. The molecule has 166 valence electrons. The minimum absolute atomic E-state index is 0.0173. The van der Waals surface area contributed by atoms with Crippen molar-refractivity contribution in [2.75, 3.05) is 12.4 Å². The summed E-state index contributed by atoms with van der Waals surface area (Å²) < 4.78 is 40.5. The van der Waals surface area contributed by atoms with Crippen LogP contribution in [0.3, 0.4) is 0 Å². The highest BCUT2D eigenvalue weighted by atomic mass is 32.7. The Morgan fingerprint density at radius 2 is 1.89 bits per heavy atom. The number of hydrogen-bond donors (Lipinski definition) is 1. The van der Waals surface area contributed by atoms with E-state index >= 15 is 0 Å². The normalized spacial score (nSPS) is 38.4. The van der Waals surface area contributed by atoms with Gasteiger partial charge in [0, 0.05) is 18.6 Å². The van der Waals surface area contributed by atoms with Gasteiger partial charge < -0.3 is 33.5 Å². The second-order valence-corrected chi connectivity index (χ2v) is 12.0. The van der Waals surface area contributed by atoms with E-state index in [9.17, 15) is 14.6 Å². The maximum Gasteiger partial charge on any atom is 0.217 e. The van der Waals surface area contributed by atoms with Gasteiger partial charge in [0.2, 0.25) is 5.79 Å². The average molecular weight is 442 g/mol. The first-order valence-electron chi connectivity index (χ1n) is 9.87. The molecular weight excluding hydrogens is 407 g/mol. The minimum atomic E-state index is -4.29. The molecule has 0 aromatic rings. The van der Waals surface area contributed by atoms with Crippen LogP contribution in [0.2, 0.25) is 0 Å². The fourth-order valence-electron chi connectivity index (χ4n) is 3.41. The Bertz CT molecular complexity index is 548. The molecule has 10 heteroatoms. The summed E-state index contributed by atoms with van der Waals surface area (Å²) in [4.78, 5) is 12.6. The molecule has 0 radical (unpaired) electrons. The van der Waals surface area contributed by atoms with E-state index in [4.69, 9.17) is 23.5 Å². The lowest BCUT2D eigenvalue weighted by atomic mass is 10.1. The Labute approximate surface area is 171 Å². The molecule has 2 heterocycles. The summed E-state index contributed by atoms with van der Waals surface area (Å²) in [6, 6.07) is 0. The van der Waals surface area contributed by atoms with Crippen molar-refractivity contribution < 1.29 is 38.0 Å². The molecule has 2 aliphatic heterocycles. The van der Waals surface area contributed by atoms with Crippen LogP contribution < -0.4 is 4.89 Å². The van der Waals surface area contributed by atoms with Crippen LogP contribution in [-0.4, -0.2) is 66.0 Å². The van der Waals surface area contributed by atoms with Crippen LogP contribution in [0.15, 0.2) is 0 Å². The van der Waals surface area contributed by atoms with Crippen LogP contribution in [0, 0.1) is 0 Å². The van der Waals surface area contributed by atoms with Crippen molar-refractivity contribution in [3.05, 3.63) is 0 Å². The zero-order valence-electron chi connectivity index (χ0n) is 17.5. The van der Waals surface area contributed by atoms with E-state index in [2.05, 4.69) is 0 Å². The molecule has 0 aromatic carbocycles. The molecule has 0 aliphatic carbocycles. The fourth-order valence-corrected chi connectivity index (χ4v) is 6.14. The van der Waals surface area contributed by atoms with Gasteiger partial charge in [-0.3, -0.25) is 4.57 Å². The maximum atomic E-state index is 12.6. The first-order valence-corrected chi connectivity index (χ1v) is 13.0. The standard InChI is InChI=1S/C18H35O8PS/c1-11(2)22-10-18(19)17(8-14(6)25-18)26-27(20,21)28-9-16-15(23-12(3)4)7-13(5)24-16/h11-17,19H,7-10H2,1-6H3,(H,20,21)/p-1/t13-,14-,15?,16+,17?,18+/m0/s1. The summed E-state index contributed by atoms with van der Waals surface area (Å²) in [5, 5.41) is 10.7. The minimum Gasteiger partial charge on any atom is -0.770 e.